The first kappa shape index (κ1) is 14.8. The zero-order chi connectivity index (χ0) is 14.2. The molecule has 0 radical (unpaired) electrons. The zero-order valence-corrected chi connectivity index (χ0v) is 12.4. The van der Waals surface area contributed by atoms with Gasteiger partial charge in [-0.25, -0.2) is 0 Å². The Morgan fingerprint density at radius 1 is 1.05 bits per heavy atom. The molecule has 0 saturated heterocycles. The Morgan fingerprint density at radius 2 is 1.65 bits per heavy atom. The Kier molecular flexibility index (Phi) is 5.85. The summed E-state index contributed by atoms with van der Waals surface area (Å²) in [4.78, 5) is 12.0. The van der Waals surface area contributed by atoms with Crippen LogP contribution in [0.4, 0.5) is 0 Å². The molecule has 1 saturated carbocycles. The fourth-order valence-corrected chi connectivity index (χ4v) is 2.70. The van der Waals surface area contributed by atoms with Crippen molar-refractivity contribution < 1.29 is 4.79 Å². The van der Waals surface area contributed by atoms with Crippen molar-refractivity contribution in [3.05, 3.63) is 41.5 Å². The molecular formula is C18H25NO. The molecule has 1 fully saturated rings. The molecule has 0 aliphatic heterocycles. The van der Waals surface area contributed by atoms with Gasteiger partial charge in [-0.15, -0.1) is 0 Å². The SMILES string of the molecule is Cc1ccc(C=CC(=O)NC2CCCCCCC2)cc1. The first-order chi connectivity index (χ1) is 9.74. The lowest BCUT2D eigenvalue weighted by atomic mass is 9.97. The second-order valence-electron chi connectivity index (χ2n) is 5.79. The standard InChI is InChI=1S/C18H25NO/c1-15-9-11-16(12-10-15)13-14-18(20)19-17-7-5-3-2-4-6-8-17/h9-14,17H,2-8H2,1H3,(H,19,20). The van der Waals surface area contributed by atoms with Gasteiger partial charge in [-0.2, -0.15) is 0 Å². The summed E-state index contributed by atoms with van der Waals surface area (Å²) >= 11 is 0. The van der Waals surface area contributed by atoms with E-state index < -0.39 is 0 Å². The van der Waals surface area contributed by atoms with Crippen LogP contribution < -0.4 is 5.32 Å². The van der Waals surface area contributed by atoms with Crippen LogP contribution in [0.15, 0.2) is 30.3 Å². The molecule has 0 bridgehead atoms. The Hall–Kier alpha value is -1.57. The van der Waals surface area contributed by atoms with Crippen molar-refractivity contribution in [2.75, 3.05) is 0 Å². The third-order valence-corrected chi connectivity index (χ3v) is 3.96. The molecular weight excluding hydrogens is 246 g/mol. The molecule has 1 aliphatic carbocycles. The molecule has 1 aliphatic rings. The summed E-state index contributed by atoms with van der Waals surface area (Å²) in [6, 6.07) is 8.56. The van der Waals surface area contributed by atoms with E-state index in [-0.39, 0.29) is 5.91 Å². The number of rotatable bonds is 3. The maximum Gasteiger partial charge on any atom is 0.244 e. The second-order valence-corrected chi connectivity index (χ2v) is 5.79. The summed E-state index contributed by atoms with van der Waals surface area (Å²) in [7, 11) is 0. The van der Waals surface area contributed by atoms with Crippen LogP contribution in [0.3, 0.4) is 0 Å². The highest BCUT2D eigenvalue weighted by molar-refractivity contribution is 5.91. The molecule has 2 heteroatoms. The number of hydrogen-bond acceptors (Lipinski definition) is 1. The van der Waals surface area contributed by atoms with Crippen LogP contribution in [-0.2, 0) is 4.79 Å². The van der Waals surface area contributed by atoms with Crippen molar-refractivity contribution in [1.82, 2.24) is 5.32 Å². The minimum absolute atomic E-state index is 0.0381. The van der Waals surface area contributed by atoms with E-state index in [1.807, 2.05) is 18.2 Å². The van der Waals surface area contributed by atoms with E-state index in [9.17, 15) is 4.79 Å². The number of nitrogens with one attached hydrogen (secondary N) is 1. The van der Waals surface area contributed by atoms with Gasteiger partial charge in [0.05, 0.1) is 0 Å². The van der Waals surface area contributed by atoms with E-state index in [1.54, 1.807) is 6.08 Å². The van der Waals surface area contributed by atoms with Crippen molar-refractivity contribution >= 4 is 12.0 Å². The van der Waals surface area contributed by atoms with E-state index >= 15 is 0 Å². The minimum atomic E-state index is 0.0381. The van der Waals surface area contributed by atoms with Gasteiger partial charge in [-0.1, -0.05) is 61.9 Å². The van der Waals surface area contributed by atoms with E-state index in [2.05, 4.69) is 24.4 Å². The lowest BCUT2D eigenvalue weighted by Crippen LogP contribution is -2.34. The summed E-state index contributed by atoms with van der Waals surface area (Å²) in [6.45, 7) is 2.06. The first-order valence-corrected chi connectivity index (χ1v) is 7.79. The average Bonchev–Trinajstić information content (AvgIpc) is 2.41. The molecule has 0 aromatic heterocycles. The van der Waals surface area contributed by atoms with Crippen LogP contribution in [-0.4, -0.2) is 11.9 Å². The Morgan fingerprint density at radius 3 is 2.30 bits per heavy atom. The van der Waals surface area contributed by atoms with Crippen LogP contribution in [0.2, 0.25) is 0 Å². The second kappa shape index (κ2) is 7.88. The lowest BCUT2D eigenvalue weighted by Gasteiger charge is -2.20. The molecule has 0 atom stereocenters. The average molecular weight is 271 g/mol. The number of aryl methyl sites for hydroxylation is 1. The third kappa shape index (κ3) is 5.20. The molecule has 1 aromatic rings. The van der Waals surface area contributed by atoms with Crippen molar-refractivity contribution in [1.29, 1.82) is 0 Å². The van der Waals surface area contributed by atoms with E-state index in [0.717, 1.165) is 18.4 Å². The maximum absolute atomic E-state index is 12.0. The number of carbonyl (C=O) groups excluding carboxylic acids is 1. The number of hydrogen-bond donors (Lipinski definition) is 1. The molecule has 20 heavy (non-hydrogen) atoms. The molecule has 2 rings (SSSR count). The van der Waals surface area contributed by atoms with Gasteiger partial charge in [0.2, 0.25) is 5.91 Å². The van der Waals surface area contributed by atoms with Crippen LogP contribution in [0, 0.1) is 6.92 Å². The predicted molar refractivity (Wildman–Crippen MR) is 84.5 cm³/mol. The van der Waals surface area contributed by atoms with Gasteiger partial charge in [0, 0.05) is 12.1 Å². The maximum atomic E-state index is 12.0. The van der Waals surface area contributed by atoms with E-state index in [0.29, 0.717) is 6.04 Å². The van der Waals surface area contributed by atoms with E-state index in [4.69, 9.17) is 0 Å². The van der Waals surface area contributed by atoms with Gasteiger partial charge >= 0.3 is 0 Å². The molecule has 1 amide bonds. The normalized spacial score (nSPS) is 17.6. The molecule has 1 aromatic carbocycles. The fraction of sp³-hybridized carbons (Fsp3) is 0.500. The Bertz CT molecular complexity index is 439. The zero-order valence-electron chi connectivity index (χ0n) is 12.4. The fourth-order valence-electron chi connectivity index (χ4n) is 2.70. The highest BCUT2D eigenvalue weighted by Crippen LogP contribution is 2.17. The third-order valence-electron chi connectivity index (χ3n) is 3.96. The smallest absolute Gasteiger partial charge is 0.244 e. The van der Waals surface area contributed by atoms with Crippen molar-refractivity contribution in [3.8, 4) is 0 Å². The van der Waals surface area contributed by atoms with Crippen LogP contribution in [0.5, 0.6) is 0 Å². The molecule has 1 N–H and O–H groups in total. The Balaban J connectivity index is 1.83. The van der Waals surface area contributed by atoms with Crippen molar-refractivity contribution in [2.45, 2.75) is 57.9 Å². The van der Waals surface area contributed by atoms with Gasteiger partial charge in [0.1, 0.15) is 0 Å². The largest absolute Gasteiger partial charge is 0.350 e. The van der Waals surface area contributed by atoms with Crippen molar-refractivity contribution in [2.24, 2.45) is 0 Å². The van der Waals surface area contributed by atoms with Gasteiger partial charge < -0.3 is 5.32 Å². The summed E-state index contributed by atoms with van der Waals surface area (Å²) in [5.41, 5.74) is 2.31. The molecule has 2 nitrogen and oxygen atoms in total. The van der Waals surface area contributed by atoms with Crippen LogP contribution in [0.1, 0.15) is 56.1 Å². The first-order valence-electron chi connectivity index (χ1n) is 7.79. The molecule has 0 unspecified atom stereocenters. The highest BCUT2D eigenvalue weighted by atomic mass is 16.1. The van der Waals surface area contributed by atoms with E-state index in [1.165, 1.54) is 37.7 Å². The van der Waals surface area contributed by atoms with Gasteiger partial charge in [-0.3, -0.25) is 4.79 Å². The van der Waals surface area contributed by atoms with Gasteiger partial charge in [-0.05, 0) is 31.4 Å². The Labute approximate surface area is 122 Å². The summed E-state index contributed by atoms with van der Waals surface area (Å²) in [5.74, 6) is 0.0381. The minimum Gasteiger partial charge on any atom is -0.350 e. The predicted octanol–water partition coefficient (Wildman–Crippen LogP) is 4.24. The topological polar surface area (TPSA) is 29.1 Å². The van der Waals surface area contributed by atoms with Crippen LogP contribution in [0.25, 0.3) is 6.08 Å². The van der Waals surface area contributed by atoms with Gasteiger partial charge in [0.15, 0.2) is 0 Å². The number of benzene rings is 1. The van der Waals surface area contributed by atoms with Crippen LogP contribution >= 0.6 is 0 Å². The monoisotopic (exact) mass is 271 g/mol. The quantitative estimate of drug-likeness (QED) is 0.819. The van der Waals surface area contributed by atoms with Crippen molar-refractivity contribution in [3.63, 3.8) is 0 Å². The summed E-state index contributed by atoms with van der Waals surface area (Å²) in [6.07, 6.45) is 12.3. The molecule has 0 spiro atoms. The highest BCUT2D eigenvalue weighted by Gasteiger charge is 2.12. The lowest BCUT2D eigenvalue weighted by molar-refractivity contribution is -0.117. The summed E-state index contributed by atoms with van der Waals surface area (Å²) in [5, 5.41) is 3.14. The van der Waals surface area contributed by atoms with Gasteiger partial charge in [0.25, 0.3) is 0 Å². The summed E-state index contributed by atoms with van der Waals surface area (Å²) < 4.78 is 0. The molecule has 108 valence electrons. The number of carbonyl (C=O) groups is 1. The molecule has 0 heterocycles. The number of amides is 1.